The molecule has 3 rings (SSSR count). The van der Waals surface area contributed by atoms with Gasteiger partial charge in [-0.25, -0.2) is 0 Å². The van der Waals surface area contributed by atoms with Crippen LogP contribution in [-0.2, 0) is 0 Å². The van der Waals surface area contributed by atoms with Gasteiger partial charge in [0.1, 0.15) is 5.75 Å². The largest absolute Gasteiger partial charge is 0.573 e. The highest BCUT2D eigenvalue weighted by Crippen LogP contribution is 2.36. The van der Waals surface area contributed by atoms with Gasteiger partial charge in [0.05, 0.1) is 11.1 Å². The average molecular weight is 413 g/mol. The second kappa shape index (κ2) is 8.60. The van der Waals surface area contributed by atoms with Crippen molar-refractivity contribution in [2.75, 3.05) is 26.2 Å². The Morgan fingerprint density at radius 2 is 1.88 bits per heavy atom. The molecule has 0 bridgehead atoms. The zero-order chi connectivity index (χ0) is 17.2. The van der Waals surface area contributed by atoms with Crippen LogP contribution in [0.2, 0.25) is 5.02 Å². The molecule has 1 aliphatic rings. The van der Waals surface area contributed by atoms with Crippen LogP contribution in [0.25, 0.3) is 0 Å². The summed E-state index contributed by atoms with van der Waals surface area (Å²) in [6, 6.07) is 6.50. The van der Waals surface area contributed by atoms with Gasteiger partial charge in [-0.3, -0.25) is 4.90 Å². The summed E-state index contributed by atoms with van der Waals surface area (Å²) in [7, 11) is 0. The predicted octanol–water partition coefficient (Wildman–Crippen LogP) is 4.72. The first kappa shape index (κ1) is 20.3. The van der Waals surface area contributed by atoms with Gasteiger partial charge in [0.15, 0.2) is 0 Å². The maximum absolute atomic E-state index is 12.4. The Morgan fingerprint density at radius 1 is 1.16 bits per heavy atom. The average Bonchev–Trinajstić information content (AvgIpc) is 3.04. The Labute approximate surface area is 159 Å². The van der Waals surface area contributed by atoms with E-state index in [4.69, 9.17) is 11.6 Å². The number of benzene rings is 1. The number of piperazine rings is 1. The molecule has 0 amide bonds. The summed E-state index contributed by atoms with van der Waals surface area (Å²) in [5.41, 5.74) is 1.97. The van der Waals surface area contributed by atoms with Gasteiger partial charge in [0, 0.05) is 26.2 Å². The summed E-state index contributed by atoms with van der Waals surface area (Å²) in [4.78, 5) is 2.30. The van der Waals surface area contributed by atoms with Crippen LogP contribution in [0.5, 0.6) is 5.75 Å². The number of hydrogen-bond acceptors (Lipinski definition) is 4. The van der Waals surface area contributed by atoms with Crippen molar-refractivity contribution >= 4 is 35.3 Å². The number of ether oxygens (including phenoxy) is 1. The lowest BCUT2D eigenvalue weighted by molar-refractivity contribution is -0.274. The van der Waals surface area contributed by atoms with Gasteiger partial charge in [-0.2, -0.15) is 11.3 Å². The predicted molar refractivity (Wildman–Crippen MR) is 96.0 cm³/mol. The van der Waals surface area contributed by atoms with Gasteiger partial charge < -0.3 is 10.1 Å². The lowest BCUT2D eigenvalue weighted by atomic mass is 9.98. The van der Waals surface area contributed by atoms with Crippen molar-refractivity contribution in [3.8, 4) is 5.75 Å². The Hall–Kier alpha value is -0.990. The van der Waals surface area contributed by atoms with E-state index in [1.54, 1.807) is 23.5 Å². The minimum Gasteiger partial charge on any atom is -0.404 e. The zero-order valence-electron chi connectivity index (χ0n) is 13.1. The van der Waals surface area contributed by atoms with Crippen LogP contribution in [0.1, 0.15) is 17.2 Å². The molecular formula is C16H17Cl2F3N2OS. The molecule has 0 unspecified atom stereocenters. The summed E-state index contributed by atoms with van der Waals surface area (Å²) in [5, 5.41) is 7.31. The van der Waals surface area contributed by atoms with E-state index in [9.17, 15) is 13.2 Å². The number of thiophene rings is 1. The molecule has 0 radical (unpaired) electrons. The first-order valence-electron chi connectivity index (χ1n) is 7.46. The van der Waals surface area contributed by atoms with Crippen molar-refractivity contribution in [3.63, 3.8) is 0 Å². The third-order valence-electron chi connectivity index (χ3n) is 3.87. The van der Waals surface area contributed by atoms with Crippen molar-refractivity contribution in [3.05, 3.63) is 51.2 Å². The molecule has 2 heterocycles. The molecule has 1 N–H and O–H groups in total. The maximum atomic E-state index is 12.4. The quantitative estimate of drug-likeness (QED) is 0.786. The SMILES string of the molecule is Cl.FC(F)(F)Oc1ccc([C@@H](c2ccsc2)N2CCNCC2)cc1Cl. The highest BCUT2D eigenvalue weighted by Gasteiger charge is 2.32. The third-order valence-corrected chi connectivity index (χ3v) is 4.87. The number of rotatable bonds is 4. The molecule has 138 valence electrons. The van der Waals surface area contributed by atoms with Gasteiger partial charge >= 0.3 is 6.36 Å². The highest BCUT2D eigenvalue weighted by molar-refractivity contribution is 7.08. The summed E-state index contributed by atoms with van der Waals surface area (Å²) < 4.78 is 41.1. The Morgan fingerprint density at radius 3 is 2.44 bits per heavy atom. The zero-order valence-corrected chi connectivity index (χ0v) is 15.4. The van der Waals surface area contributed by atoms with Gasteiger partial charge in [0.2, 0.25) is 0 Å². The van der Waals surface area contributed by atoms with Gasteiger partial charge in [-0.1, -0.05) is 17.7 Å². The Balaban J connectivity index is 0.00000225. The first-order chi connectivity index (χ1) is 11.4. The van der Waals surface area contributed by atoms with E-state index in [-0.39, 0.29) is 29.2 Å². The summed E-state index contributed by atoms with van der Waals surface area (Å²) >= 11 is 7.62. The van der Waals surface area contributed by atoms with E-state index >= 15 is 0 Å². The van der Waals surface area contributed by atoms with Crippen molar-refractivity contribution in [2.45, 2.75) is 12.4 Å². The minimum atomic E-state index is -4.75. The molecule has 1 aromatic heterocycles. The summed E-state index contributed by atoms with van der Waals surface area (Å²) in [6.07, 6.45) is -4.75. The number of alkyl halides is 3. The molecule has 1 fully saturated rings. The van der Waals surface area contributed by atoms with E-state index in [1.165, 1.54) is 6.07 Å². The van der Waals surface area contributed by atoms with Crippen molar-refractivity contribution < 1.29 is 17.9 Å². The van der Waals surface area contributed by atoms with Crippen molar-refractivity contribution in [1.82, 2.24) is 10.2 Å². The van der Waals surface area contributed by atoms with Gasteiger partial charge in [0.25, 0.3) is 0 Å². The Bertz CT molecular complexity index is 677. The highest BCUT2D eigenvalue weighted by atomic mass is 35.5. The van der Waals surface area contributed by atoms with Crippen LogP contribution < -0.4 is 10.1 Å². The molecule has 0 spiro atoms. The lowest BCUT2D eigenvalue weighted by Gasteiger charge is -2.35. The standard InChI is InChI=1S/C16H16ClF3N2OS.ClH/c17-13-9-11(1-2-14(13)23-16(18,19)20)15(12-3-8-24-10-12)22-6-4-21-5-7-22;/h1-3,8-10,15,21H,4-7H2;1H/t15-;/m0./s1. The topological polar surface area (TPSA) is 24.5 Å². The second-order valence-electron chi connectivity index (χ2n) is 5.48. The van der Waals surface area contributed by atoms with Crippen molar-refractivity contribution in [1.29, 1.82) is 0 Å². The van der Waals surface area contributed by atoms with Gasteiger partial charge in [-0.15, -0.1) is 25.6 Å². The van der Waals surface area contributed by atoms with Crippen LogP contribution in [0.3, 0.4) is 0 Å². The fourth-order valence-electron chi connectivity index (χ4n) is 2.88. The van der Waals surface area contributed by atoms with E-state index < -0.39 is 6.36 Å². The van der Waals surface area contributed by atoms with Crippen molar-refractivity contribution in [2.24, 2.45) is 0 Å². The van der Waals surface area contributed by atoms with Crippen LogP contribution in [0, 0.1) is 0 Å². The third kappa shape index (κ3) is 5.24. The molecule has 1 aliphatic heterocycles. The molecule has 1 saturated heterocycles. The molecular weight excluding hydrogens is 396 g/mol. The van der Waals surface area contributed by atoms with Crippen LogP contribution >= 0.6 is 35.3 Å². The molecule has 0 saturated carbocycles. The van der Waals surface area contributed by atoms with Crippen LogP contribution in [0.4, 0.5) is 13.2 Å². The smallest absolute Gasteiger partial charge is 0.404 e. The van der Waals surface area contributed by atoms with Crippen LogP contribution in [0.15, 0.2) is 35.0 Å². The van der Waals surface area contributed by atoms with E-state index in [0.717, 1.165) is 37.3 Å². The normalized spacial score (nSPS) is 17.0. The van der Waals surface area contributed by atoms with Gasteiger partial charge in [-0.05, 0) is 40.1 Å². The maximum Gasteiger partial charge on any atom is 0.573 e. The second-order valence-corrected chi connectivity index (χ2v) is 6.67. The molecule has 2 aromatic rings. The van der Waals surface area contributed by atoms with E-state index in [2.05, 4.69) is 20.3 Å². The molecule has 1 atom stereocenters. The monoisotopic (exact) mass is 412 g/mol. The van der Waals surface area contributed by atoms with Crippen LogP contribution in [-0.4, -0.2) is 37.4 Å². The number of hydrogen-bond donors (Lipinski definition) is 1. The lowest BCUT2D eigenvalue weighted by Crippen LogP contribution is -2.45. The molecule has 3 nitrogen and oxygen atoms in total. The first-order valence-corrected chi connectivity index (χ1v) is 8.78. The molecule has 25 heavy (non-hydrogen) atoms. The molecule has 1 aromatic carbocycles. The molecule has 9 heteroatoms. The minimum absolute atomic E-state index is 0. The summed E-state index contributed by atoms with van der Waals surface area (Å²) in [5.74, 6) is -0.378. The van der Waals surface area contributed by atoms with E-state index in [0.29, 0.717) is 0 Å². The number of nitrogens with zero attached hydrogens (tertiary/aromatic N) is 1. The van der Waals surface area contributed by atoms with E-state index in [1.807, 2.05) is 11.4 Å². The fourth-order valence-corrected chi connectivity index (χ4v) is 3.79. The number of halogens is 5. The fraction of sp³-hybridized carbons (Fsp3) is 0.375. The number of nitrogens with one attached hydrogen (secondary N) is 1. The molecule has 0 aliphatic carbocycles. The Kier molecular flexibility index (Phi) is 6.99. The summed E-state index contributed by atoms with van der Waals surface area (Å²) in [6.45, 7) is 3.48.